The molecule has 0 amide bonds. The summed E-state index contributed by atoms with van der Waals surface area (Å²) in [7, 11) is 0. The number of fused-ring (bicyclic) bond motifs is 1. The van der Waals surface area contributed by atoms with E-state index in [0.717, 1.165) is 4.68 Å². The SMILES string of the molecule is O=c1c2ccccc2nc(Nc2ccc(Cl)cc2)n1N=C=Nc1cccc(Cl)c1. The van der Waals surface area contributed by atoms with Crippen LogP contribution in [-0.2, 0) is 0 Å². The molecule has 6 nitrogen and oxygen atoms in total. The number of aromatic nitrogens is 2. The third kappa shape index (κ3) is 4.36. The van der Waals surface area contributed by atoms with E-state index >= 15 is 0 Å². The smallest absolute Gasteiger partial charge is 0.284 e. The van der Waals surface area contributed by atoms with Gasteiger partial charge in [-0.25, -0.2) is 4.98 Å². The molecule has 0 spiro atoms. The van der Waals surface area contributed by atoms with Gasteiger partial charge in [0.1, 0.15) is 6.01 Å². The molecule has 0 aliphatic carbocycles. The number of nitrogens with one attached hydrogen (secondary N) is 1. The van der Waals surface area contributed by atoms with Crippen LogP contribution < -0.4 is 10.9 Å². The zero-order chi connectivity index (χ0) is 20.2. The van der Waals surface area contributed by atoms with Crippen LogP contribution in [-0.4, -0.2) is 15.7 Å². The van der Waals surface area contributed by atoms with Crippen molar-refractivity contribution in [2.75, 3.05) is 5.32 Å². The van der Waals surface area contributed by atoms with Gasteiger partial charge in [-0.15, -0.1) is 0 Å². The number of para-hydroxylation sites is 1. The molecule has 0 saturated heterocycles. The van der Waals surface area contributed by atoms with Crippen LogP contribution >= 0.6 is 23.2 Å². The monoisotopic (exact) mass is 421 g/mol. The Hall–Kier alpha value is -3.44. The second kappa shape index (κ2) is 8.29. The molecular formula is C21H13Cl2N5O. The zero-order valence-corrected chi connectivity index (χ0v) is 16.4. The Morgan fingerprint density at radius 2 is 1.72 bits per heavy atom. The van der Waals surface area contributed by atoms with Crippen molar-refractivity contribution >= 4 is 57.4 Å². The molecular weight excluding hydrogens is 409 g/mol. The van der Waals surface area contributed by atoms with Crippen molar-refractivity contribution in [3.63, 3.8) is 0 Å². The highest BCUT2D eigenvalue weighted by atomic mass is 35.5. The Balaban J connectivity index is 1.81. The second-order valence-corrected chi connectivity index (χ2v) is 6.87. The Morgan fingerprint density at radius 3 is 2.52 bits per heavy atom. The Bertz CT molecular complexity index is 1310. The third-order valence-electron chi connectivity index (χ3n) is 3.99. The van der Waals surface area contributed by atoms with Crippen molar-refractivity contribution in [2.24, 2.45) is 10.1 Å². The standard InChI is InChI=1S/C21H13Cl2N5O/c22-14-8-10-16(11-9-14)26-21-27-19-7-2-1-6-18(19)20(29)28(21)25-13-24-17-5-3-4-15(23)12-17/h1-12H,(H,26,27). The molecule has 29 heavy (non-hydrogen) atoms. The van der Waals surface area contributed by atoms with E-state index in [-0.39, 0.29) is 11.5 Å². The van der Waals surface area contributed by atoms with Gasteiger partial charge in [-0.05, 0) is 54.6 Å². The maximum absolute atomic E-state index is 13.0. The van der Waals surface area contributed by atoms with Gasteiger partial charge in [0.05, 0.1) is 16.6 Å². The van der Waals surface area contributed by atoms with Crippen LogP contribution in [0.5, 0.6) is 0 Å². The predicted octanol–water partition coefficient (Wildman–Crippen LogP) is 5.72. The van der Waals surface area contributed by atoms with Crippen LogP contribution in [0.3, 0.4) is 0 Å². The number of aliphatic imine (C=N–C) groups is 1. The maximum atomic E-state index is 13.0. The number of hydrogen-bond acceptors (Lipinski definition) is 5. The van der Waals surface area contributed by atoms with Crippen LogP contribution in [0, 0.1) is 0 Å². The van der Waals surface area contributed by atoms with Crippen molar-refractivity contribution < 1.29 is 0 Å². The minimum Gasteiger partial charge on any atom is -0.324 e. The van der Waals surface area contributed by atoms with Gasteiger partial charge in [-0.2, -0.15) is 9.67 Å². The van der Waals surface area contributed by atoms with E-state index in [1.54, 1.807) is 66.7 Å². The lowest BCUT2D eigenvalue weighted by Crippen LogP contribution is -2.20. The Kier molecular flexibility index (Phi) is 5.40. The van der Waals surface area contributed by atoms with E-state index < -0.39 is 0 Å². The number of nitrogens with zero attached hydrogens (tertiary/aromatic N) is 4. The normalized spacial score (nSPS) is 10.4. The summed E-state index contributed by atoms with van der Waals surface area (Å²) in [6, 6.07) is 23.5. The van der Waals surface area contributed by atoms with Crippen LogP contribution in [0.2, 0.25) is 10.0 Å². The van der Waals surface area contributed by atoms with Gasteiger partial charge in [-0.3, -0.25) is 4.79 Å². The molecule has 1 aromatic heterocycles. The highest BCUT2D eigenvalue weighted by Gasteiger charge is 2.10. The Labute approximate surface area is 175 Å². The van der Waals surface area contributed by atoms with E-state index in [9.17, 15) is 4.79 Å². The molecule has 4 aromatic rings. The fourth-order valence-corrected chi connectivity index (χ4v) is 2.94. The average molecular weight is 422 g/mol. The molecule has 142 valence electrons. The molecule has 4 rings (SSSR count). The number of rotatable bonds is 4. The fraction of sp³-hybridized carbons (Fsp3) is 0. The fourth-order valence-electron chi connectivity index (χ4n) is 2.63. The topological polar surface area (TPSA) is 71.6 Å². The summed E-state index contributed by atoms with van der Waals surface area (Å²) in [5.41, 5.74) is 1.47. The largest absolute Gasteiger partial charge is 0.324 e. The molecule has 3 aromatic carbocycles. The summed E-state index contributed by atoms with van der Waals surface area (Å²) in [5, 5.41) is 8.75. The lowest BCUT2D eigenvalue weighted by Gasteiger charge is -2.10. The summed E-state index contributed by atoms with van der Waals surface area (Å²) in [4.78, 5) is 21.6. The number of halogens is 2. The van der Waals surface area contributed by atoms with Gasteiger partial charge in [0.25, 0.3) is 5.56 Å². The van der Waals surface area contributed by atoms with E-state index in [0.29, 0.717) is 32.3 Å². The predicted molar refractivity (Wildman–Crippen MR) is 117 cm³/mol. The first-order valence-corrected chi connectivity index (χ1v) is 9.32. The number of hydrogen-bond donors (Lipinski definition) is 1. The van der Waals surface area contributed by atoms with Crippen molar-refractivity contribution in [3.8, 4) is 0 Å². The lowest BCUT2D eigenvalue weighted by atomic mass is 10.2. The first-order chi connectivity index (χ1) is 14.1. The lowest BCUT2D eigenvalue weighted by molar-refractivity contribution is 0.831. The van der Waals surface area contributed by atoms with Gasteiger partial charge in [-0.1, -0.05) is 46.5 Å². The molecule has 0 aliphatic rings. The quantitative estimate of drug-likeness (QED) is 0.428. The average Bonchev–Trinajstić information content (AvgIpc) is 2.72. The van der Waals surface area contributed by atoms with Crippen LogP contribution in [0.1, 0.15) is 0 Å². The van der Waals surface area contributed by atoms with E-state index in [4.69, 9.17) is 23.2 Å². The molecule has 1 heterocycles. The number of anilines is 2. The summed E-state index contributed by atoms with van der Waals surface area (Å²) in [6.45, 7) is 0. The number of benzene rings is 3. The minimum absolute atomic E-state index is 0.227. The van der Waals surface area contributed by atoms with E-state index in [2.05, 4.69) is 26.4 Å². The summed E-state index contributed by atoms with van der Waals surface area (Å²) in [5.74, 6) is 0.227. The van der Waals surface area contributed by atoms with Crippen molar-refractivity contribution in [1.82, 2.24) is 9.66 Å². The van der Waals surface area contributed by atoms with Gasteiger partial charge in [0.15, 0.2) is 0 Å². The molecule has 0 saturated carbocycles. The molecule has 8 heteroatoms. The molecule has 0 atom stereocenters. The van der Waals surface area contributed by atoms with Gasteiger partial charge >= 0.3 is 0 Å². The second-order valence-electron chi connectivity index (χ2n) is 5.99. The molecule has 0 radical (unpaired) electrons. The van der Waals surface area contributed by atoms with Crippen LogP contribution in [0.15, 0.2) is 87.7 Å². The zero-order valence-electron chi connectivity index (χ0n) is 14.9. The molecule has 0 bridgehead atoms. The summed E-state index contributed by atoms with van der Waals surface area (Å²) in [6.07, 6.45) is 0. The van der Waals surface area contributed by atoms with E-state index in [1.165, 1.54) is 0 Å². The highest BCUT2D eigenvalue weighted by Crippen LogP contribution is 2.19. The van der Waals surface area contributed by atoms with Gasteiger partial charge in [0, 0.05) is 15.7 Å². The minimum atomic E-state index is -0.346. The molecule has 0 aliphatic heterocycles. The first-order valence-electron chi connectivity index (χ1n) is 8.57. The van der Waals surface area contributed by atoms with Gasteiger partial charge in [0.2, 0.25) is 5.95 Å². The summed E-state index contributed by atoms with van der Waals surface area (Å²) >= 11 is 11.9. The third-order valence-corrected chi connectivity index (χ3v) is 4.47. The van der Waals surface area contributed by atoms with Crippen molar-refractivity contribution in [2.45, 2.75) is 0 Å². The van der Waals surface area contributed by atoms with Crippen molar-refractivity contribution in [3.05, 3.63) is 93.2 Å². The van der Waals surface area contributed by atoms with E-state index in [1.807, 2.05) is 6.07 Å². The van der Waals surface area contributed by atoms with Gasteiger partial charge < -0.3 is 5.32 Å². The maximum Gasteiger partial charge on any atom is 0.284 e. The Morgan fingerprint density at radius 1 is 0.931 bits per heavy atom. The molecule has 0 fully saturated rings. The van der Waals surface area contributed by atoms with Crippen LogP contribution in [0.4, 0.5) is 17.3 Å². The first kappa shape index (κ1) is 18.9. The van der Waals surface area contributed by atoms with Crippen molar-refractivity contribution in [1.29, 1.82) is 0 Å². The summed E-state index contributed by atoms with van der Waals surface area (Å²) < 4.78 is 1.12. The molecule has 1 N–H and O–H groups in total. The highest BCUT2D eigenvalue weighted by molar-refractivity contribution is 6.31. The molecule has 0 unspecified atom stereocenters. The van der Waals surface area contributed by atoms with Crippen LogP contribution in [0.25, 0.3) is 10.9 Å².